The minimum Gasteiger partial charge on any atom is -0.360 e. The molecule has 8 heteroatoms. The number of anilines is 2. The molecule has 134 valence electrons. The van der Waals surface area contributed by atoms with Crippen LogP contribution in [0, 0.1) is 11.3 Å². The Kier molecular flexibility index (Phi) is 6.11. The number of nitrogens with zero attached hydrogens (tertiary/aromatic N) is 1. The maximum Gasteiger partial charge on any atom is 0.294 e. The molecule has 0 atom stereocenters. The molecule has 3 N–H and O–H groups in total. The van der Waals surface area contributed by atoms with Crippen LogP contribution in [-0.4, -0.2) is 18.9 Å². The van der Waals surface area contributed by atoms with Gasteiger partial charge in [-0.25, -0.2) is 0 Å². The number of carbonyl (C=O) groups excluding carboxylic acids is 1. The highest BCUT2D eigenvalue weighted by molar-refractivity contribution is 7.85. The molecule has 2 aromatic carbocycles. The number of para-hydroxylation sites is 1. The van der Waals surface area contributed by atoms with Gasteiger partial charge < -0.3 is 10.6 Å². The summed E-state index contributed by atoms with van der Waals surface area (Å²) in [7, 11) is -4.30. The summed E-state index contributed by atoms with van der Waals surface area (Å²) in [5, 5.41) is 14.6. The SMILES string of the molecule is CCc1ccccc1N/C=C(/C#N)C(=O)Nc1ccc(S(=O)(=O)O)cc1. The monoisotopic (exact) mass is 371 g/mol. The molecule has 0 unspecified atom stereocenters. The largest absolute Gasteiger partial charge is 0.360 e. The summed E-state index contributed by atoms with van der Waals surface area (Å²) >= 11 is 0. The van der Waals surface area contributed by atoms with Crippen molar-refractivity contribution in [3.05, 3.63) is 65.9 Å². The predicted octanol–water partition coefficient (Wildman–Crippen LogP) is 2.95. The van der Waals surface area contributed by atoms with Crippen LogP contribution < -0.4 is 10.6 Å². The van der Waals surface area contributed by atoms with Gasteiger partial charge in [0.05, 0.1) is 4.90 Å². The molecule has 0 bridgehead atoms. The van der Waals surface area contributed by atoms with Crippen molar-refractivity contribution in [1.82, 2.24) is 0 Å². The lowest BCUT2D eigenvalue weighted by molar-refractivity contribution is -0.112. The summed E-state index contributed by atoms with van der Waals surface area (Å²) in [4.78, 5) is 11.9. The van der Waals surface area contributed by atoms with Gasteiger partial charge in [0.1, 0.15) is 11.6 Å². The van der Waals surface area contributed by atoms with Crippen molar-refractivity contribution in [3.63, 3.8) is 0 Å². The van der Waals surface area contributed by atoms with E-state index in [0.29, 0.717) is 0 Å². The second kappa shape index (κ2) is 8.29. The maximum atomic E-state index is 12.2. The number of rotatable bonds is 6. The number of amides is 1. The Balaban J connectivity index is 2.12. The highest BCUT2D eigenvalue weighted by Crippen LogP contribution is 2.17. The number of hydrogen-bond donors (Lipinski definition) is 3. The lowest BCUT2D eigenvalue weighted by atomic mass is 10.1. The van der Waals surface area contributed by atoms with Crippen LogP contribution in [0.3, 0.4) is 0 Å². The van der Waals surface area contributed by atoms with Gasteiger partial charge in [0.2, 0.25) is 0 Å². The lowest BCUT2D eigenvalue weighted by Crippen LogP contribution is -2.14. The van der Waals surface area contributed by atoms with Crippen molar-refractivity contribution in [2.75, 3.05) is 10.6 Å². The third-order valence-electron chi connectivity index (χ3n) is 3.55. The molecule has 0 aliphatic rings. The molecule has 2 rings (SSSR count). The molecule has 0 heterocycles. The Bertz CT molecular complexity index is 974. The standard InChI is InChI=1S/C18H17N3O4S/c1-2-13-5-3-4-6-17(13)20-12-14(11-19)18(22)21-15-7-9-16(10-8-15)26(23,24)25/h3-10,12,20H,2H2,1H3,(H,21,22)(H,23,24,25)/b14-12-. The van der Waals surface area contributed by atoms with E-state index in [1.54, 1.807) is 0 Å². The molecule has 0 aromatic heterocycles. The molecular weight excluding hydrogens is 354 g/mol. The van der Waals surface area contributed by atoms with Crippen LogP contribution in [0.5, 0.6) is 0 Å². The number of nitriles is 1. The average Bonchev–Trinajstić information content (AvgIpc) is 2.62. The second-order valence-corrected chi connectivity index (χ2v) is 6.70. The third-order valence-corrected chi connectivity index (χ3v) is 4.41. The van der Waals surface area contributed by atoms with Gasteiger partial charge in [0.25, 0.3) is 16.0 Å². The maximum absolute atomic E-state index is 12.2. The molecule has 1 amide bonds. The molecule has 2 aromatic rings. The molecule has 0 saturated carbocycles. The van der Waals surface area contributed by atoms with E-state index >= 15 is 0 Å². The number of benzene rings is 2. The molecule has 0 spiro atoms. The molecule has 0 saturated heterocycles. The van der Waals surface area contributed by atoms with Crippen molar-refractivity contribution in [2.24, 2.45) is 0 Å². The van der Waals surface area contributed by atoms with E-state index in [2.05, 4.69) is 10.6 Å². The summed E-state index contributed by atoms with van der Waals surface area (Å²) in [6.07, 6.45) is 2.11. The third kappa shape index (κ3) is 4.92. The van der Waals surface area contributed by atoms with Crippen LogP contribution in [0.4, 0.5) is 11.4 Å². The fourth-order valence-electron chi connectivity index (χ4n) is 2.18. The van der Waals surface area contributed by atoms with Gasteiger partial charge in [-0.15, -0.1) is 0 Å². The molecular formula is C18H17N3O4S. The summed E-state index contributed by atoms with van der Waals surface area (Å²) in [6.45, 7) is 2.00. The van der Waals surface area contributed by atoms with E-state index < -0.39 is 16.0 Å². The Morgan fingerprint density at radius 2 is 1.85 bits per heavy atom. The summed E-state index contributed by atoms with van der Waals surface area (Å²) < 4.78 is 30.9. The highest BCUT2D eigenvalue weighted by Gasteiger charge is 2.12. The van der Waals surface area contributed by atoms with Gasteiger partial charge in [-0.05, 0) is 42.3 Å². The summed E-state index contributed by atoms with van der Waals surface area (Å²) in [6, 6.07) is 14.3. The number of nitrogens with one attached hydrogen (secondary N) is 2. The van der Waals surface area contributed by atoms with Gasteiger partial charge in [-0.1, -0.05) is 25.1 Å². The summed E-state index contributed by atoms with van der Waals surface area (Å²) in [5.74, 6) is -0.645. The van der Waals surface area contributed by atoms with Crippen LogP contribution >= 0.6 is 0 Å². The average molecular weight is 371 g/mol. The number of carbonyl (C=O) groups is 1. The van der Waals surface area contributed by atoms with E-state index in [0.717, 1.165) is 29.8 Å². The zero-order valence-corrected chi connectivity index (χ0v) is 14.7. The van der Waals surface area contributed by atoms with E-state index in [1.807, 2.05) is 37.3 Å². The van der Waals surface area contributed by atoms with E-state index in [-0.39, 0.29) is 16.2 Å². The molecule has 26 heavy (non-hydrogen) atoms. The van der Waals surface area contributed by atoms with E-state index in [1.165, 1.54) is 18.3 Å². The van der Waals surface area contributed by atoms with Crippen molar-refractivity contribution >= 4 is 27.4 Å². The van der Waals surface area contributed by atoms with Gasteiger partial charge in [0.15, 0.2) is 0 Å². The van der Waals surface area contributed by atoms with E-state index in [4.69, 9.17) is 4.55 Å². The van der Waals surface area contributed by atoms with Crippen LogP contribution in [-0.2, 0) is 21.3 Å². The van der Waals surface area contributed by atoms with Gasteiger partial charge in [0, 0.05) is 17.6 Å². The normalized spacial score (nSPS) is 11.5. The Morgan fingerprint density at radius 3 is 2.42 bits per heavy atom. The fourth-order valence-corrected chi connectivity index (χ4v) is 2.66. The number of hydrogen-bond acceptors (Lipinski definition) is 5. The first-order valence-corrected chi connectivity index (χ1v) is 9.12. The van der Waals surface area contributed by atoms with Crippen LogP contribution in [0.2, 0.25) is 0 Å². The Hall–Kier alpha value is -3.15. The molecule has 0 fully saturated rings. The first-order chi connectivity index (χ1) is 12.3. The van der Waals surface area contributed by atoms with Gasteiger partial charge in [-0.3, -0.25) is 9.35 Å². The van der Waals surface area contributed by atoms with Gasteiger partial charge in [-0.2, -0.15) is 13.7 Å². The topological polar surface area (TPSA) is 119 Å². The molecule has 0 aliphatic heterocycles. The second-order valence-electron chi connectivity index (χ2n) is 5.28. The minimum atomic E-state index is -4.30. The minimum absolute atomic E-state index is 0.144. The molecule has 7 nitrogen and oxygen atoms in total. The van der Waals surface area contributed by atoms with Gasteiger partial charge >= 0.3 is 0 Å². The lowest BCUT2D eigenvalue weighted by Gasteiger charge is -2.08. The first kappa shape index (κ1) is 19.2. The summed E-state index contributed by atoms with van der Waals surface area (Å²) in [5.41, 5.74) is 1.99. The Labute approximate surface area is 151 Å². The quantitative estimate of drug-likeness (QED) is 0.408. The highest BCUT2D eigenvalue weighted by atomic mass is 32.2. The Morgan fingerprint density at radius 1 is 1.19 bits per heavy atom. The van der Waals surface area contributed by atoms with Crippen LogP contribution in [0.1, 0.15) is 12.5 Å². The predicted molar refractivity (Wildman–Crippen MR) is 98.0 cm³/mol. The zero-order chi connectivity index (χ0) is 19.2. The van der Waals surface area contributed by atoms with E-state index in [9.17, 15) is 18.5 Å². The molecule has 0 aliphatic carbocycles. The van der Waals surface area contributed by atoms with Crippen molar-refractivity contribution in [1.29, 1.82) is 5.26 Å². The fraction of sp³-hybridized carbons (Fsp3) is 0.111. The zero-order valence-electron chi connectivity index (χ0n) is 13.9. The van der Waals surface area contributed by atoms with Crippen LogP contribution in [0.15, 0.2) is 65.2 Å². The first-order valence-electron chi connectivity index (χ1n) is 7.68. The number of aryl methyl sites for hydroxylation is 1. The van der Waals surface area contributed by atoms with Crippen molar-refractivity contribution in [3.8, 4) is 6.07 Å². The molecule has 0 radical (unpaired) electrons. The van der Waals surface area contributed by atoms with Crippen LogP contribution in [0.25, 0.3) is 0 Å². The van der Waals surface area contributed by atoms with Crippen molar-refractivity contribution in [2.45, 2.75) is 18.2 Å². The smallest absolute Gasteiger partial charge is 0.294 e. The van der Waals surface area contributed by atoms with Crippen molar-refractivity contribution < 1.29 is 17.8 Å².